The molecule has 0 aliphatic rings. The molecule has 0 saturated carbocycles. The minimum absolute atomic E-state index is 0.369. The second-order valence-corrected chi connectivity index (χ2v) is 5.55. The molecule has 0 saturated heterocycles. The molecule has 0 amide bonds. The summed E-state index contributed by atoms with van der Waals surface area (Å²) in [4.78, 5) is 15.6. The second kappa shape index (κ2) is 5.33. The van der Waals surface area contributed by atoms with Crippen LogP contribution >= 0.6 is 15.9 Å². The molecule has 2 heterocycles. The fourth-order valence-electron chi connectivity index (χ4n) is 2.07. The Morgan fingerprint density at radius 2 is 1.95 bits per heavy atom. The Labute approximate surface area is 129 Å². The van der Waals surface area contributed by atoms with Crippen molar-refractivity contribution in [3.05, 3.63) is 62.5 Å². The predicted molar refractivity (Wildman–Crippen MR) is 84.0 cm³/mol. The number of hydrogen-bond donors (Lipinski definition) is 0. The highest BCUT2D eigenvalue weighted by atomic mass is 79.9. The molecule has 0 aliphatic heterocycles. The molecule has 0 atom stereocenters. The lowest BCUT2D eigenvalue weighted by Gasteiger charge is -2.09. The van der Waals surface area contributed by atoms with Crippen molar-refractivity contribution >= 4 is 26.9 Å². The average molecular weight is 346 g/mol. The summed E-state index contributed by atoms with van der Waals surface area (Å²) in [5.41, 5.74) is 2.04. The van der Waals surface area contributed by atoms with E-state index in [1.54, 1.807) is 12.3 Å². The van der Waals surface area contributed by atoms with Crippen LogP contribution in [0.1, 0.15) is 11.1 Å². The van der Waals surface area contributed by atoms with Gasteiger partial charge in [-0.3, -0.25) is 0 Å². The van der Waals surface area contributed by atoms with Crippen molar-refractivity contribution in [2.75, 3.05) is 0 Å². The summed E-state index contributed by atoms with van der Waals surface area (Å²) in [6.45, 7) is 3.83. The number of aromatic nitrogens is 1. The van der Waals surface area contributed by atoms with Gasteiger partial charge in [0.2, 0.25) is 5.88 Å². The number of pyridine rings is 1. The molecule has 0 aliphatic carbocycles. The van der Waals surface area contributed by atoms with Crippen LogP contribution in [0.4, 0.5) is 0 Å². The van der Waals surface area contributed by atoms with Gasteiger partial charge in [0.1, 0.15) is 11.3 Å². The molecular weight excluding hydrogens is 334 g/mol. The van der Waals surface area contributed by atoms with E-state index in [9.17, 15) is 4.79 Å². The quantitative estimate of drug-likeness (QED) is 0.647. The van der Waals surface area contributed by atoms with E-state index in [1.165, 1.54) is 6.07 Å². The number of aryl methyl sites for hydroxylation is 2. The van der Waals surface area contributed by atoms with Crippen LogP contribution in [0.25, 0.3) is 11.0 Å². The first-order chi connectivity index (χ1) is 10.0. The van der Waals surface area contributed by atoms with Crippen molar-refractivity contribution in [2.45, 2.75) is 13.8 Å². The van der Waals surface area contributed by atoms with Gasteiger partial charge in [-0.25, -0.2) is 9.78 Å². The molecule has 3 rings (SSSR count). The van der Waals surface area contributed by atoms with E-state index in [-0.39, 0.29) is 5.63 Å². The zero-order valence-electron chi connectivity index (χ0n) is 11.5. The molecule has 21 heavy (non-hydrogen) atoms. The van der Waals surface area contributed by atoms with Crippen molar-refractivity contribution in [2.24, 2.45) is 0 Å². The molecule has 2 aromatic heterocycles. The van der Waals surface area contributed by atoms with Crippen LogP contribution in [-0.2, 0) is 0 Å². The van der Waals surface area contributed by atoms with Crippen molar-refractivity contribution in [1.82, 2.24) is 4.98 Å². The Balaban J connectivity index is 2.05. The maximum absolute atomic E-state index is 11.4. The van der Waals surface area contributed by atoms with Gasteiger partial charge in [-0.2, -0.15) is 0 Å². The summed E-state index contributed by atoms with van der Waals surface area (Å²) in [6, 6.07) is 8.75. The SMILES string of the molecule is Cc1ccnc(Oc2ccc3c(C)cc(=O)oc3c2)c1Br. The van der Waals surface area contributed by atoms with Gasteiger partial charge in [-0.15, -0.1) is 0 Å². The molecule has 1 aromatic carbocycles. The predicted octanol–water partition coefficient (Wildman–Crippen LogP) is 4.36. The summed E-state index contributed by atoms with van der Waals surface area (Å²) in [7, 11) is 0. The van der Waals surface area contributed by atoms with Crippen LogP contribution in [0.5, 0.6) is 11.6 Å². The third-order valence-corrected chi connectivity index (χ3v) is 4.15. The molecule has 0 spiro atoms. The third-order valence-electron chi connectivity index (χ3n) is 3.19. The molecule has 0 N–H and O–H groups in total. The lowest BCUT2D eigenvalue weighted by molar-refractivity contribution is 0.457. The monoisotopic (exact) mass is 345 g/mol. The zero-order chi connectivity index (χ0) is 15.0. The Kier molecular flexibility index (Phi) is 3.51. The lowest BCUT2D eigenvalue weighted by atomic mass is 10.1. The maximum Gasteiger partial charge on any atom is 0.336 e. The Hall–Kier alpha value is -2.14. The van der Waals surface area contributed by atoms with Gasteiger partial charge in [-0.1, -0.05) is 0 Å². The first-order valence-electron chi connectivity index (χ1n) is 6.38. The zero-order valence-corrected chi connectivity index (χ0v) is 13.1. The Morgan fingerprint density at radius 1 is 1.14 bits per heavy atom. The van der Waals surface area contributed by atoms with Crippen LogP contribution in [0.3, 0.4) is 0 Å². The molecule has 0 radical (unpaired) electrons. The van der Waals surface area contributed by atoms with Crippen LogP contribution < -0.4 is 10.4 Å². The lowest BCUT2D eigenvalue weighted by Crippen LogP contribution is -1.98. The molecule has 5 heteroatoms. The van der Waals surface area contributed by atoms with Gasteiger partial charge in [0.25, 0.3) is 0 Å². The van der Waals surface area contributed by atoms with Crippen LogP contribution in [-0.4, -0.2) is 4.98 Å². The number of fused-ring (bicyclic) bond motifs is 1. The summed E-state index contributed by atoms with van der Waals surface area (Å²) in [6.07, 6.45) is 1.68. The van der Waals surface area contributed by atoms with Gasteiger partial charge in [-0.05, 0) is 59.1 Å². The summed E-state index contributed by atoms with van der Waals surface area (Å²) >= 11 is 3.45. The van der Waals surface area contributed by atoms with E-state index < -0.39 is 0 Å². The molecule has 3 aromatic rings. The Bertz CT molecular complexity index is 886. The van der Waals surface area contributed by atoms with E-state index >= 15 is 0 Å². The second-order valence-electron chi connectivity index (χ2n) is 4.76. The van der Waals surface area contributed by atoms with Crippen molar-refractivity contribution in [3.8, 4) is 11.6 Å². The minimum atomic E-state index is -0.369. The summed E-state index contributed by atoms with van der Waals surface area (Å²) in [5.74, 6) is 1.04. The van der Waals surface area contributed by atoms with Gasteiger partial charge in [0.15, 0.2) is 0 Å². The number of rotatable bonds is 2. The summed E-state index contributed by atoms with van der Waals surface area (Å²) in [5, 5.41) is 0.887. The summed E-state index contributed by atoms with van der Waals surface area (Å²) < 4.78 is 11.8. The topological polar surface area (TPSA) is 52.3 Å². The van der Waals surface area contributed by atoms with Gasteiger partial charge in [0, 0.05) is 23.7 Å². The molecular formula is C16H12BrNO3. The average Bonchev–Trinajstić information content (AvgIpc) is 2.43. The highest BCUT2D eigenvalue weighted by Crippen LogP contribution is 2.31. The molecule has 4 nitrogen and oxygen atoms in total. The maximum atomic E-state index is 11.4. The van der Waals surface area contributed by atoms with Crippen LogP contribution in [0.2, 0.25) is 0 Å². The van der Waals surface area contributed by atoms with E-state index in [1.807, 2.05) is 32.0 Å². The fraction of sp³-hybridized carbons (Fsp3) is 0.125. The largest absolute Gasteiger partial charge is 0.438 e. The van der Waals surface area contributed by atoms with E-state index in [4.69, 9.17) is 9.15 Å². The number of nitrogens with zero attached hydrogens (tertiary/aromatic N) is 1. The highest BCUT2D eigenvalue weighted by molar-refractivity contribution is 9.10. The number of hydrogen-bond acceptors (Lipinski definition) is 4. The Morgan fingerprint density at radius 3 is 2.76 bits per heavy atom. The minimum Gasteiger partial charge on any atom is -0.438 e. The number of ether oxygens (including phenoxy) is 1. The van der Waals surface area contributed by atoms with E-state index in [0.717, 1.165) is 21.0 Å². The molecule has 0 fully saturated rings. The first kappa shape index (κ1) is 13.8. The standard InChI is InChI=1S/C16H12BrNO3/c1-9-5-6-18-16(15(9)17)20-11-3-4-12-10(2)7-14(19)21-13(12)8-11/h3-8H,1-2H3. The van der Waals surface area contributed by atoms with Crippen LogP contribution in [0, 0.1) is 13.8 Å². The molecule has 0 bridgehead atoms. The van der Waals surface area contributed by atoms with Crippen molar-refractivity contribution < 1.29 is 9.15 Å². The van der Waals surface area contributed by atoms with Gasteiger partial charge >= 0.3 is 5.63 Å². The van der Waals surface area contributed by atoms with Crippen molar-refractivity contribution in [3.63, 3.8) is 0 Å². The van der Waals surface area contributed by atoms with Gasteiger partial charge < -0.3 is 9.15 Å². The first-order valence-corrected chi connectivity index (χ1v) is 7.17. The van der Waals surface area contributed by atoms with Crippen molar-refractivity contribution in [1.29, 1.82) is 0 Å². The smallest absolute Gasteiger partial charge is 0.336 e. The van der Waals surface area contributed by atoms with E-state index in [0.29, 0.717) is 17.2 Å². The third kappa shape index (κ3) is 2.69. The normalized spacial score (nSPS) is 10.8. The molecule has 0 unspecified atom stereocenters. The van der Waals surface area contributed by atoms with E-state index in [2.05, 4.69) is 20.9 Å². The van der Waals surface area contributed by atoms with Crippen LogP contribution in [0.15, 0.2) is 50.2 Å². The number of benzene rings is 1. The molecule has 106 valence electrons. The highest BCUT2D eigenvalue weighted by Gasteiger charge is 2.09. The van der Waals surface area contributed by atoms with Gasteiger partial charge in [0.05, 0.1) is 4.47 Å². The number of halogens is 1. The fourth-order valence-corrected chi connectivity index (χ4v) is 2.38.